The zero-order valence-electron chi connectivity index (χ0n) is 8.54. The minimum atomic E-state index is -0.866. The number of rotatable bonds is 4. The predicted octanol–water partition coefficient (Wildman–Crippen LogP) is 3.60. The van der Waals surface area contributed by atoms with E-state index >= 15 is 0 Å². The van der Waals surface area contributed by atoms with Gasteiger partial charge < -0.3 is 9.84 Å². The first-order chi connectivity index (χ1) is 7.54. The number of aliphatic carboxylic acids is 1. The normalized spacial score (nSPS) is 10.7. The summed E-state index contributed by atoms with van der Waals surface area (Å²) in [7, 11) is 1.53. The van der Waals surface area contributed by atoms with Crippen molar-refractivity contribution in [3.63, 3.8) is 0 Å². The van der Waals surface area contributed by atoms with Crippen molar-refractivity contribution < 1.29 is 14.6 Å². The maximum absolute atomic E-state index is 10.3. The lowest BCUT2D eigenvalue weighted by Crippen LogP contribution is -1.90. The molecule has 0 saturated carbocycles. The highest BCUT2D eigenvalue weighted by Gasteiger charge is 2.06. The molecule has 0 unspecified atom stereocenters. The first-order valence-corrected chi connectivity index (χ1v) is 5.63. The highest BCUT2D eigenvalue weighted by Crippen LogP contribution is 2.34. The number of carboxylic acid groups (broad SMARTS) is 1. The van der Waals surface area contributed by atoms with Crippen LogP contribution in [-0.4, -0.2) is 18.2 Å². The minimum Gasteiger partial charge on any atom is -0.494 e. The van der Waals surface area contributed by atoms with Crippen LogP contribution in [0.4, 0.5) is 0 Å². The summed E-state index contributed by atoms with van der Waals surface area (Å²) in [6.45, 7) is 0. The van der Waals surface area contributed by atoms with Crippen molar-refractivity contribution in [1.29, 1.82) is 0 Å². The van der Waals surface area contributed by atoms with Crippen molar-refractivity contribution in [2.24, 2.45) is 0 Å². The molecule has 0 bridgehead atoms. The van der Waals surface area contributed by atoms with Gasteiger partial charge in [-0.05, 0) is 33.6 Å². The predicted molar refractivity (Wildman–Crippen MR) is 67.0 cm³/mol. The van der Waals surface area contributed by atoms with Crippen LogP contribution < -0.4 is 4.74 Å². The lowest BCUT2D eigenvalue weighted by atomic mass is 10.2. The maximum atomic E-state index is 10.3. The van der Waals surface area contributed by atoms with Gasteiger partial charge in [0.2, 0.25) is 0 Å². The standard InChI is InChI=1S/C11H10BrClO3/c1-16-11-8(12)5-7(6-9(11)13)3-2-4-10(14)15/h2-3,5-6H,4H2,1H3,(H,14,15)/b3-2+. The van der Waals surface area contributed by atoms with Gasteiger partial charge in [0.05, 0.1) is 23.0 Å². The van der Waals surface area contributed by atoms with Crippen molar-refractivity contribution in [1.82, 2.24) is 0 Å². The number of carboxylic acids is 1. The van der Waals surface area contributed by atoms with E-state index in [1.54, 1.807) is 18.2 Å². The Hall–Kier alpha value is -1.00. The summed E-state index contributed by atoms with van der Waals surface area (Å²) in [5.74, 6) is -0.299. The molecule has 5 heteroatoms. The molecule has 0 aliphatic rings. The Labute approximate surface area is 107 Å². The van der Waals surface area contributed by atoms with Gasteiger partial charge >= 0.3 is 5.97 Å². The highest BCUT2D eigenvalue weighted by atomic mass is 79.9. The van der Waals surface area contributed by atoms with Gasteiger partial charge in [0.25, 0.3) is 0 Å². The van der Waals surface area contributed by atoms with E-state index in [9.17, 15) is 4.79 Å². The Balaban J connectivity index is 2.91. The van der Waals surface area contributed by atoms with Crippen molar-refractivity contribution in [3.05, 3.63) is 33.3 Å². The Morgan fingerprint density at radius 1 is 1.62 bits per heavy atom. The second-order valence-electron chi connectivity index (χ2n) is 3.02. The molecule has 1 aromatic carbocycles. The molecule has 0 saturated heterocycles. The van der Waals surface area contributed by atoms with Gasteiger partial charge in [0, 0.05) is 0 Å². The Bertz CT molecular complexity index is 406. The minimum absolute atomic E-state index is 0.0126. The summed E-state index contributed by atoms with van der Waals surface area (Å²) in [6, 6.07) is 3.52. The van der Waals surface area contributed by atoms with Crippen LogP contribution in [0.3, 0.4) is 0 Å². The summed E-state index contributed by atoms with van der Waals surface area (Å²) in [6.07, 6.45) is 3.25. The van der Waals surface area contributed by atoms with E-state index in [0.29, 0.717) is 10.8 Å². The SMILES string of the molecule is COc1c(Cl)cc(/C=C/CC(=O)O)cc1Br. The van der Waals surface area contributed by atoms with Crippen LogP contribution in [0, 0.1) is 0 Å². The summed E-state index contributed by atoms with van der Waals surface area (Å²) in [5, 5.41) is 8.95. The number of hydrogen-bond acceptors (Lipinski definition) is 2. The molecule has 0 heterocycles. The number of halogens is 2. The molecule has 3 nitrogen and oxygen atoms in total. The summed E-state index contributed by atoms with van der Waals surface area (Å²) < 4.78 is 5.81. The fourth-order valence-electron chi connectivity index (χ4n) is 1.17. The van der Waals surface area contributed by atoms with Crippen molar-refractivity contribution in [2.75, 3.05) is 7.11 Å². The molecule has 0 fully saturated rings. The van der Waals surface area contributed by atoms with Gasteiger partial charge in [-0.2, -0.15) is 0 Å². The Kier molecular flexibility index (Phi) is 4.83. The zero-order chi connectivity index (χ0) is 12.1. The lowest BCUT2D eigenvalue weighted by Gasteiger charge is -2.06. The number of ether oxygens (including phenoxy) is 1. The molecule has 86 valence electrons. The van der Waals surface area contributed by atoms with Gasteiger partial charge in [-0.3, -0.25) is 4.79 Å². The smallest absolute Gasteiger partial charge is 0.307 e. The largest absolute Gasteiger partial charge is 0.494 e. The molecule has 0 aromatic heterocycles. The van der Waals surface area contributed by atoms with Gasteiger partial charge in [-0.15, -0.1) is 0 Å². The first-order valence-electron chi connectivity index (χ1n) is 4.46. The summed E-state index contributed by atoms with van der Waals surface area (Å²) >= 11 is 9.29. The van der Waals surface area contributed by atoms with E-state index in [1.165, 1.54) is 7.11 Å². The molecular formula is C11H10BrClO3. The van der Waals surface area contributed by atoms with E-state index in [1.807, 2.05) is 6.07 Å². The van der Waals surface area contributed by atoms with Crippen LogP contribution in [0.25, 0.3) is 6.08 Å². The molecule has 0 aliphatic carbocycles. The number of methoxy groups -OCH3 is 1. The Morgan fingerprint density at radius 3 is 2.81 bits per heavy atom. The van der Waals surface area contributed by atoms with Gasteiger partial charge in [-0.1, -0.05) is 23.8 Å². The van der Waals surface area contributed by atoms with E-state index in [2.05, 4.69) is 15.9 Å². The van der Waals surface area contributed by atoms with E-state index in [0.717, 1.165) is 10.0 Å². The average Bonchev–Trinajstić information content (AvgIpc) is 2.16. The van der Waals surface area contributed by atoms with Crippen molar-refractivity contribution >= 4 is 39.6 Å². The molecule has 0 radical (unpaired) electrons. The second kappa shape index (κ2) is 5.92. The summed E-state index contributed by atoms with van der Waals surface area (Å²) in [4.78, 5) is 10.3. The van der Waals surface area contributed by atoms with Crippen LogP contribution in [0.5, 0.6) is 5.75 Å². The highest BCUT2D eigenvalue weighted by molar-refractivity contribution is 9.10. The average molecular weight is 306 g/mol. The van der Waals surface area contributed by atoms with Crippen LogP contribution in [0.2, 0.25) is 5.02 Å². The van der Waals surface area contributed by atoms with E-state index in [4.69, 9.17) is 21.4 Å². The molecule has 0 aliphatic heterocycles. The third kappa shape index (κ3) is 3.54. The van der Waals surface area contributed by atoms with Crippen LogP contribution in [-0.2, 0) is 4.79 Å². The Morgan fingerprint density at radius 2 is 2.31 bits per heavy atom. The first kappa shape index (κ1) is 13.1. The van der Waals surface area contributed by atoms with Gasteiger partial charge in [0.15, 0.2) is 5.75 Å². The number of benzene rings is 1. The zero-order valence-corrected chi connectivity index (χ0v) is 10.9. The quantitative estimate of drug-likeness (QED) is 0.924. The lowest BCUT2D eigenvalue weighted by molar-refractivity contribution is -0.135. The molecule has 1 aromatic rings. The summed E-state index contributed by atoms with van der Waals surface area (Å²) in [5.41, 5.74) is 0.818. The second-order valence-corrected chi connectivity index (χ2v) is 4.28. The topological polar surface area (TPSA) is 46.5 Å². The van der Waals surface area contributed by atoms with Crippen molar-refractivity contribution in [3.8, 4) is 5.75 Å². The van der Waals surface area contributed by atoms with Crippen LogP contribution in [0.1, 0.15) is 12.0 Å². The molecule has 0 atom stereocenters. The van der Waals surface area contributed by atoms with Gasteiger partial charge in [-0.25, -0.2) is 0 Å². The third-order valence-electron chi connectivity index (χ3n) is 1.83. The maximum Gasteiger partial charge on any atom is 0.307 e. The van der Waals surface area contributed by atoms with Crippen molar-refractivity contribution in [2.45, 2.75) is 6.42 Å². The van der Waals surface area contributed by atoms with Gasteiger partial charge in [0.1, 0.15) is 0 Å². The molecule has 1 N–H and O–H groups in total. The fraction of sp³-hybridized carbons (Fsp3) is 0.182. The monoisotopic (exact) mass is 304 g/mol. The number of carbonyl (C=O) groups is 1. The van der Waals surface area contributed by atoms with Crippen LogP contribution >= 0.6 is 27.5 Å². The van der Waals surface area contributed by atoms with E-state index < -0.39 is 5.97 Å². The molecule has 16 heavy (non-hydrogen) atoms. The third-order valence-corrected chi connectivity index (χ3v) is 2.70. The molecule has 0 amide bonds. The fourth-order valence-corrected chi connectivity index (χ4v) is 2.23. The number of hydrogen-bond donors (Lipinski definition) is 1. The van der Waals surface area contributed by atoms with Crippen LogP contribution in [0.15, 0.2) is 22.7 Å². The molecule has 0 spiro atoms. The van der Waals surface area contributed by atoms with E-state index in [-0.39, 0.29) is 6.42 Å². The molecule has 1 rings (SSSR count). The molecular weight excluding hydrogens is 295 g/mol.